The summed E-state index contributed by atoms with van der Waals surface area (Å²) in [5.74, 6) is -0.217. The van der Waals surface area contributed by atoms with Gasteiger partial charge in [-0.15, -0.1) is 0 Å². The summed E-state index contributed by atoms with van der Waals surface area (Å²) in [6.07, 6.45) is 0.871. The number of benzene rings is 2. The number of thiocarbonyl (C=S) groups is 1. The number of rotatable bonds is 4. The van der Waals surface area contributed by atoms with Gasteiger partial charge in [-0.05, 0) is 48.8 Å². The fourth-order valence-electron chi connectivity index (χ4n) is 2.21. The molecule has 2 rings (SSSR count). The van der Waals surface area contributed by atoms with E-state index < -0.39 is 0 Å². The molecule has 120 valence electrons. The molecule has 0 bridgehead atoms. The van der Waals surface area contributed by atoms with Crippen LogP contribution in [-0.2, 0) is 0 Å². The quantitative estimate of drug-likeness (QED) is 0.754. The molecule has 3 nitrogen and oxygen atoms in total. The number of nitrogens with one attached hydrogen (secondary N) is 2. The van der Waals surface area contributed by atoms with E-state index in [1.54, 1.807) is 12.1 Å². The maximum absolute atomic E-state index is 12.3. The molecular formula is C18H19BrN2OS. The van der Waals surface area contributed by atoms with E-state index in [1.807, 2.05) is 43.3 Å². The number of hydrogen-bond acceptors (Lipinski definition) is 2. The molecule has 1 atom stereocenters. The molecule has 0 heterocycles. The Kier molecular flexibility index (Phi) is 6.30. The van der Waals surface area contributed by atoms with E-state index in [-0.39, 0.29) is 11.9 Å². The SMILES string of the molecule is CCC(NC(=S)NC(=O)c1ccc(C)c(Br)c1)c1ccccc1. The van der Waals surface area contributed by atoms with E-state index in [4.69, 9.17) is 12.2 Å². The van der Waals surface area contributed by atoms with Crippen LogP contribution in [0, 0.1) is 6.92 Å². The second-order valence-electron chi connectivity index (χ2n) is 5.26. The molecule has 1 unspecified atom stereocenters. The van der Waals surface area contributed by atoms with Crippen molar-refractivity contribution < 1.29 is 4.79 Å². The Morgan fingerprint density at radius 1 is 1.22 bits per heavy atom. The highest BCUT2D eigenvalue weighted by Crippen LogP contribution is 2.18. The third-order valence-electron chi connectivity index (χ3n) is 3.58. The normalized spacial score (nSPS) is 11.6. The fourth-order valence-corrected chi connectivity index (χ4v) is 2.82. The van der Waals surface area contributed by atoms with Crippen LogP contribution in [0.3, 0.4) is 0 Å². The Balaban J connectivity index is 2.00. The number of hydrogen-bond donors (Lipinski definition) is 2. The average Bonchev–Trinajstić information content (AvgIpc) is 2.55. The van der Waals surface area contributed by atoms with Gasteiger partial charge in [0.1, 0.15) is 0 Å². The molecule has 0 radical (unpaired) electrons. The van der Waals surface area contributed by atoms with Crippen LogP contribution in [0.25, 0.3) is 0 Å². The summed E-state index contributed by atoms with van der Waals surface area (Å²) in [5.41, 5.74) is 2.79. The number of amides is 1. The Bertz CT molecular complexity index is 703. The highest BCUT2D eigenvalue weighted by molar-refractivity contribution is 9.10. The standard InChI is InChI=1S/C18H19BrN2OS/c1-3-16(13-7-5-4-6-8-13)20-18(23)21-17(22)14-10-9-12(2)15(19)11-14/h4-11,16H,3H2,1-2H3,(H2,20,21,22,23). The summed E-state index contributed by atoms with van der Waals surface area (Å²) in [7, 11) is 0. The average molecular weight is 391 g/mol. The van der Waals surface area contributed by atoms with E-state index in [0.717, 1.165) is 22.0 Å². The zero-order chi connectivity index (χ0) is 16.8. The van der Waals surface area contributed by atoms with Crippen LogP contribution in [0.1, 0.15) is 40.9 Å². The maximum Gasteiger partial charge on any atom is 0.257 e. The minimum atomic E-state index is -0.217. The first-order valence-electron chi connectivity index (χ1n) is 7.44. The van der Waals surface area contributed by atoms with Crippen molar-refractivity contribution >= 4 is 39.2 Å². The van der Waals surface area contributed by atoms with Crippen molar-refractivity contribution in [2.24, 2.45) is 0 Å². The first-order chi connectivity index (χ1) is 11.0. The molecular weight excluding hydrogens is 372 g/mol. The molecule has 2 aromatic rings. The largest absolute Gasteiger partial charge is 0.356 e. The van der Waals surface area contributed by atoms with Gasteiger partial charge in [0.05, 0.1) is 6.04 Å². The van der Waals surface area contributed by atoms with Gasteiger partial charge in [-0.2, -0.15) is 0 Å². The zero-order valence-electron chi connectivity index (χ0n) is 13.1. The summed E-state index contributed by atoms with van der Waals surface area (Å²) >= 11 is 8.71. The lowest BCUT2D eigenvalue weighted by atomic mass is 10.1. The molecule has 0 fully saturated rings. The van der Waals surface area contributed by atoms with Crippen molar-refractivity contribution in [1.29, 1.82) is 0 Å². The second kappa shape index (κ2) is 8.22. The van der Waals surface area contributed by atoms with Gasteiger partial charge in [0, 0.05) is 10.0 Å². The maximum atomic E-state index is 12.3. The van der Waals surface area contributed by atoms with E-state index in [0.29, 0.717) is 10.7 Å². The van der Waals surface area contributed by atoms with Crippen LogP contribution >= 0.6 is 28.1 Å². The molecule has 2 N–H and O–H groups in total. The minimum absolute atomic E-state index is 0.0775. The Hall–Kier alpha value is -1.72. The van der Waals surface area contributed by atoms with Crippen LogP contribution in [-0.4, -0.2) is 11.0 Å². The summed E-state index contributed by atoms with van der Waals surface area (Å²) in [6.45, 7) is 4.05. The van der Waals surface area contributed by atoms with Crippen LogP contribution in [0.4, 0.5) is 0 Å². The number of aryl methyl sites for hydroxylation is 1. The van der Waals surface area contributed by atoms with Gasteiger partial charge in [-0.25, -0.2) is 0 Å². The highest BCUT2D eigenvalue weighted by Gasteiger charge is 2.13. The number of halogens is 1. The van der Waals surface area contributed by atoms with Gasteiger partial charge in [0.15, 0.2) is 5.11 Å². The summed E-state index contributed by atoms with van der Waals surface area (Å²) < 4.78 is 0.903. The van der Waals surface area contributed by atoms with Gasteiger partial charge in [0.2, 0.25) is 0 Å². The molecule has 0 saturated carbocycles. The molecule has 2 aromatic carbocycles. The Morgan fingerprint density at radius 2 is 1.91 bits per heavy atom. The van der Waals surface area contributed by atoms with E-state index in [9.17, 15) is 4.79 Å². The van der Waals surface area contributed by atoms with Crippen molar-refractivity contribution in [3.63, 3.8) is 0 Å². The molecule has 5 heteroatoms. The van der Waals surface area contributed by atoms with Gasteiger partial charge in [-0.3, -0.25) is 10.1 Å². The first kappa shape index (κ1) is 17.6. The van der Waals surface area contributed by atoms with E-state index in [2.05, 4.69) is 33.5 Å². The van der Waals surface area contributed by atoms with Gasteiger partial charge >= 0.3 is 0 Å². The molecule has 0 saturated heterocycles. The van der Waals surface area contributed by atoms with E-state index in [1.165, 1.54) is 0 Å². The fraction of sp³-hybridized carbons (Fsp3) is 0.222. The molecule has 0 aromatic heterocycles. The monoisotopic (exact) mass is 390 g/mol. The molecule has 0 aliphatic rings. The molecule has 0 aliphatic carbocycles. The Morgan fingerprint density at radius 3 is 2.52 bits per heavy atom. The topological polar surface area (TPSA) is 41.1 Å². The zero-order valence-corrected chi connectivity index (χ0v) is 15.5. The number of carbonyl (C=O) groups excluding carboxylic acids is 1. The van der Waals surface area contributed by atoms with Gasteiger partial charge in [0.25, 0.3) is 5.91 Å². The molecule has 0 spiro atoms. The van der Waals surface area contributed by atoms with Crippen LogP contribution < -0.4 is 10.6 Å². The lowest BCUT2D eigenvalue weighted by Gasteiger charge is -2.19. The highest BCUT2D eigenvalue weighted by atomic mass is 79.9. The summed E-state index contributed by atoms with van der Waals surface area (Å²) in [6, 6.07) is 15.6. The first-order valence-corrected chi connectivity index (χ1v) is 8.64. The van der Waals surface area contributed by atoms with Crippen molar-refractivity contribution in [2.75, 3.05) is 0 Å². The molecule has 1 amide bonds. The smallest absolute Gasteiger partial charge is 0.257 e. The Labute approximate surface area is 150 Å². The summed E-state index contributed by atoms with van der Waals surface area (Å²) in [5, 5.41) is 6.27. The minimum Gasteiger partial charge on any atom is -0.356 e. The van der Waals surface area contributed by atoms with E-state index >= 15 is 0 Å². The van der Waals surface area contributed by atoms with Gasteiger partial charge in [-0.1, -0.05) is 59.3 Å². The predicted octanol–water partition coefficient (Wildman–Crippen LogP) is 4.51. The lowest BCUT2D eigenvalue weighted by molar-refractivity contribution is 0.0976. The molecule has 23 heavy (non-hydrogen) atoms. The lowest BCUT2D eigenvalue weighted by Crippen LogP contribution is -2.40. The van der Waals surface area contributed by atoms with Gasteiger partial charge < -0.3 is 5.32 Å². The van der Waals surface area contributed by atoms with Crippen molar-refractivity contribution in [1.82, 2.24) is 10.6 Å². The number of carbonyl (C=O) groups is 1. The summed E-state index contributed by atoms with van der Waals surface area (Å²) in [4.78, 5) is 12.3. The van der Waals surface area contributed by atoms with Crippen LogP contribution in [0.2, 0.25) is 0 Å². The third-order valence-corrected chi connectivity index (χ3v) is 4.65. The second-order valence-corrected chi connectivity index (χ2v) is 6.53. The van der Waals surface area contributed by atoms with Crippen molar-refractivity contribution in [3.05, 3.63) is 69.7 Å². The van der Waals surface area contributed by atoms with Crippen LogP contribution in [0.15, 0.2) is 53.0 Å². The van der Waals surface area contributed by atoms with Crippen molar-refractivity contribution in [2.45, 2.75) is 26.3 Å². The third kappa shape index (κ3) is 4.88. The molecule has 0 aliphatic heterocycles. The predicted molar refractivity (Wildman–Crippen MR) is 102 cm³/mol. The van der Waals surface area contributed by atoms with Crippen molar-refractivity contribution in [3.8, 4) is 0 Å². The van der Waals surface area contributed by atoms with Crippen LogP contribution in [0.5, 0.6) is 0 Å².